The number of aliphatic hydroxyl groups excluding tert-OH is 2. The van der Waals surface area contributed by atoms with Crippen molar-refractivity contribution in [3.8, 4) is 5.75 Å². The molecule has 14 heteroatoms. The molecular formula is C28H35F3N4O7. The number of hydrogen-bond acceptors (Lipinski definition) is 10. The van der Waals surface area contributed by atoms with Gasteiger partial charge in [-0.1, -0.05) is 0 Å². The van der Waals surface area contributed by atoms with E-state index in [-0.39, 0.29) is 36.1 Å². The number of rotatable bonds is 7. The summed E-state index contributed by atoms with van der Waals surface area (Å²) in [5, 5.41) is 47.9. The Morgan fingerprint density at radius 1 is 1.19 bits per heavy atom. The number of nitrogens with two attached hydrogens (primary N) is 1. The number of anilines is 1. The van der Waals surface area contributed by atoms with Gasteiger partial charge in [-0.05, 0) is 51.4 Å². The molecule has 0 aromatic heterocycles. The summed E-state index contributed by atoms with van der Waals surface area (Å²) in [6, 6.07) is -0.530. The van der Waals surface area contributed by atoms with Gasteiger partial charge in [0.05, 0.1) is 18.0 Å². The highest BCUT2D eigenvalue weighted by Gasteiger charge is 2.63. The summed E-state index contributed by atoms with van der Waals surface area (Å²) < 4.78 is 38.5. The molecular weight excluding hydrogens is 561 g/mol. The van der Waals surface area contributed by atoms with E-state index in [0.717, 1.165) is 0 Å². The fraction of sp³-hybridized carbons (Fsp3) is 0.536. The van der Waals surface area contributed by atoms with Crippen molar-refractivity contribution in [2.75, 3.05) is 33.1 Å². The predicted octanol–water partition coefficient (Wildman–Crippen LogP) is 1.62. The Kier molecular flexibility index (Phi) is 7.89. The van der Waals surface area contributed by atoms with E-state index < -0.39 is 82.4 Å². The first kappa shape index (κ1) is 31.3. The molecule has 5 atom stereocenters. The minimum absolute atomic E-state index is 0.0579. The number of benzene rings is 1. The van der Waals surface area contributed by atoms with E-state index in [2.05, 4.69) is 5.32 Å². The maximum Gasteiger partial charge on any atom is 0.390 e. The SMILES string of the molecule is CC(CC(F)(F)F)NCc1cc(N(C)C)c2c(c1O)C(=O)C1=C(O)C3(O)C(=O)C(C(N)=O)=C(O)C(N(C)C)C3CC1C2. The number of alkyl halides is 3. The minimum atomic E-state index is -4.41. The van der Waals surface area contributed by atoms with E-state index in [0.29, 0.717) is 11.3 Å². The average Bonchev–Trinajstić information content (AvgIpc) is 2.84. The molecule has 0 aliphatic heterocycles. The van der Waals surface area contributed by atoms with Crippen molar-refractivity contribution in [3.05, 3.63) is 45.4 Å². The van der Waals surface area contributed by atoms with Crippen molar-refractivity contribution < 1.29 is 48.0 Å². The Morgan fingerprint density at radius 3 is 2.33 bits per heavy atom. The van der Waals surface area contributed by atoms with Crippen LogP contribution in [0.1, 0.15) is 41.3 Å². The summed E-state index contributed by atoms with van der Waals surface area (Å²) >= 11 is 0. The van der Waals surface area contributed by atoms with Crippen molar-refractivity contribution in [2.45, 2.75) is 56.6 Å². The number of halogens is 3. The zero-order valence-corrected chi connectivity index (χ0v) is 23.8. The van der Waals surface area contributed by atoms with Gasteiger partial charge in [0, 0.05) is 49.4 Å². The second-order valence-corrected chi connectivity index (χ2v) is 11.7. The lowest BCUT2D eigenvalue weighted by Gasteiger charge is -2.50. The van der Waals surface area contributed by atoms with Crippen molar-refractivity contribution in [2.24, 2.45) is 17.6 Å². The maximum atomic E-state index is 14.0. The van der Waals surface area contributed by atoms with Gasteiger partial charge >= 0.3 is 6.18 Å². The van der Waals surface area contributed by atoms with Crippen LogP contribution in [0.4, 0.5) is 18.9 Å². The van der Waals surface area contributed by atoms with E-state index in [9.17, 15) is 48.0 Å². The van der Waals surface area contributed by atoms with Crippen molar-refractivity contribution >= 4 is 23.2 Å². The second-order valence-electron chi connectivity index (χ2n) is 11.7. The summed E-state index contributed by atoms with van der Waals surface area (Å²) in [5.41, 5.74) is 2.23. The number of ketones is 2. The van der Waals surface area contributed by atoms with E-state index in [1.807, 2.05) is 0 Å². The van der Waals surface area contributed by atoms with E-state index in [4.69, 9.17) is 5.73 Å². The first-order valence-electron chi connectivity index (χ1n) is 13.3. The molecule has 0 bridgehead atoms. The lowest BCUT2D eigenvalue weighted by atomic mass is 9.58. The van der Waals surface area contributed by atoms with Crippen LogP contribution in [-0.2, 0) is 22.6 Å². The average molecular weight is 597 g/mol. The van der Waals surface area contributed by atoms with Gasteiger partial charge in [-0.3, -0.25) is 19.3 Å². The van der Waals surface area contributed by atoms with Gasteiger partial charge in [-0.15, -0.1) is 0 Å². The molecule has 0 saturated heterocycles. The summed E-state index contributed by atoms with van der Waals surface area (Å²) in [6.45, 7) is 1.13. The van der Waals surface area contributed by atoms with Gasteiger partial charge in [0.15, 0.2) is 11.4 Å². The minimum Gasteiger partial charge on any atom is -0.510 e. The molecule has 3 aliphatic carbocycles. The fourth-order valence-corrected chi connectivity index (χ4v) is 6.59. The molecule has 1 aromatic rings. The molecule has 0 fully saturated rings. The molecule has 230 valence electrons. The Labute approximate surface area is 240 Å². The first-order chi connectivity index (χ1) is 19.3. The number of Topliss-reactive ketones (excluding diaryl/α,β-unsaturated/α-hetero) is 2. The molecule has 0 spiro atoms. The van der Waals surface area contributed by atoms with Crippen LogP contribution in [0.15, 0.2) is 28.7 Å². The van der Waals surface area contributed by atoms with Crippen LogP contribution in [-0.4, -0.2) is 94.9 Å². The Balaban J connectivity index is 1.86. The number of fused-ring (bicyclic) bond motifs is 3. The van der Waals surface area contributed by atoms with Crippen molar-refractivity contribution in [1.82, 2.24) is 10.2 Å². The Hall–Kier alpha value is -3.62. The van der Waals surface area contributed by atoms with Gasteiger partial charge in [0.2, 0.25) is 5.78 Å². The normalized spacial score (nSPS) is 26.7. The van der Waals surface area contributed by atoms with E-state index >= 15 is 0 Å². The Morgan fingerprint density at radius 2 is 1.81 bits per heavy atom. The number of aliphatic hydroxyl groups is 3. The van der Waals surface area contributed by atoms with Crippen molar-refractivity contribution in [1.29, 1.82) is 0 Å². The van der Waals surface area contributed by atoms with Crippen molar-refractivity contribution in [3.63, 3.8) is 0 Å². The van der Waals surface area contributed by atoms with Gasteiger partial charge in [0.25, 0.3) is 5.91 Å². The number of hydrogen-bond donors (Lipinski definition) is 6. The number of amides is 1. The molecule has 4 rings (SSSR count). The monoisotopic (exact) mass is 596 g/mol. The third-order valence-corrected chi connectivity index (χ3v) is 8.44. The van der Waals surface area contributed by atoms with E-state index in [1.54, 1.807) is 39.2 Å². The smallest absolute Gasteiger partial charge is 0.390 e. The van der Waals surface area contributed by atoms with Crippen LogP contribution in [0.5, 0.6) is 5.75 Å². The quantitative estimate of drug-likeness (QED) is 0.254. The molecule has 0 radical (unpaired) electrons. The molecule has 7 N–H and O–H groups in total. The van der Waals surface area contributed by atoms with Gasteiger partial charge in [-0.2, -0.15) is 13.2 Å². The van der Waals surface area contributed by atoms with Gasteiger partial charge < -0.3 is 36.4 Å². The van der Waals surface area contributed by atoms with Crippen LogP contribution in [0, 0.1) is 11.8 Å². The molecule has 0 saturated carbocycles. The molecule has 1 amide bonds. The zero-order chi connectivity index (χ0) is 31.6. The maximum absolute atomic E-state index is 14.0. The lowest BCUT2D eigenvalue weighted by molar-refractivity contribution is -0.148. The molecule has 42 heavy (non-hydrogen) atoms. The highest BCUT2D eigenvalue weighted by atomic mass is 19.4. The highest BCUT2D eigenvalue weighted by Crippen LogP contribution is 2.53. The number of allylic oxidation sites excluding steroid dienone is 1. The first-order valence-corrected chi connectivity index (χ1v) is 13.3. The number of carbonyl (C=O) groups is 3. The fourth-order valence-electron chi connectivity index (χ4n) is 6.59. The topological polar surface area (TPSA) is 177 Å². The summed E-state index contributed by atoms with van der Waals surface area (Å²) in [6.07, 6.45) is -5.49. The number of carbonyl (C=O) groups excluding carboxylic acids is 3. The molecule has 5 unspecified atom stereocenters. The standard InChI is InChI=1S/C28H35F3N4O7/c1-11(9-27(29,30)31)33-10-13-8-16(34(2)3)14-6-12-7-15-20(35(4)5)23(38)19(26(32)41)25(40)28(15,42)24(39)17(12)22(37)18(14)21(13)36/h8,11-12,15,20,33,36,38-39,42H,6-7,9-10H2,1-5H3,(H2,32,41). The third kappa shape index (κ3) is 4.90. The van der Waals surface area contributed by atoms with Gasteiger partial charge in [0.1, 0.15) is 22.8 Å². The lowest BCUT2D eigenvalue weighted by Crippen LogP contribution is -2.63. The van der Waals surface area contributed by atoms with Crippen LogP contribution < -0.4 is 16.0 Å². The van der Waals surface area contributed by atoms with Gasteiger partial charge in [-0.25, -0.2) is 0 Å². The third-order valence-electron chi connectivity index (χ3n) is 8.44. The van der Waals surface area contributed by atoms with Crippen LogP contribution in [0.3, 0.4) is 0 Å². The predicted molar refractivity (Wildman–Crippen MR) is 145 cm³/mol. The molecule has 1 aromatic carbocycles. The largest absolute Gasteiger partial charge is 0.510 e. The number of primary amides is 1. The number of phenolic OH excluding ortho intramolecular Hbond substituents is 1. The second kappa shape index (κ2) is 10.6. The molecule has 11 nitrogen and oxygen atoms in total. The molecule has 0 heterocycles. The van der Waals surface area contributed by atoms with Crippen LogP contribution in [0.25, 0.3) is 0 Å². The summed E-state index contributed by atoms with van der Waals surface area (Å²) in [4.78, 5) is 42.7. The zero-order valence-electron chi connectivity index (χ0n) is 23.8. The summed E-state index contributed by atoms with van der Waals surface area (Å²) in [5.74, 6) is -7.58. The van der Waals surface area contributed by atoms with E-state index in [1.165, 1.54) is 11.8 Å². The van der Waals surface area contributed by atoms with Crippen LogP contribution in [0.2, 0.25) is 0 Å². The van der Waals surface area contributed by atoms with Crippen LogP contribution >= 0.6 is 0 Å². The number of nitrogens with zero attached hydrogens (tertiary/aromatic N) is 2. The number of likely N-dealkylation sites (N-methyl/N-ethyl adjacent to an activating group) is 1. The summed E-state index contributed by atoms with van der Waals surface area (Å²) in [7, 11) is 6.47. The Bertz CT molecular complexity index is 1420. The number of aromatic hydroxyl groups is 1. The molecule has 3 aliphatic rings. The number of nitrogens with one attached hydrogen (secondary N) is 1. The highest BCUT2D eigenvalue weighted by molar-refractivity contribution is 6.24. The number of phenols is 1.